The predicted molar refractivity (Wildman–Crippen MR) is 81.0 cm³/mol. The van der Waals surface area contributed by atoms with Crippen LogP contribution in [-0.2, 0) is 0 Å². The van der Waals surface area contributed by atoms with E-state index in [1.807, 2.05) is 5.32 Å². The van der Waals surface area contributed by atoms with Crippen LogP contribution in [0.25, 0.3) is 0 Å². The first-order chi connectivity index (χ1) is 11.4. The Hall–Kier alpha value is -2.74. The molecule has 0 atom stereocenters. The Morgan fingerprint density at radius 2 is 1.75 bits per heavy atom. The number of carbonyl (C=O) groups is 2. The lowest BCUT2D eigenvalue weighted by molar-refractivity contribution is -0.0498. The summed E-state index contributed by atoms with van der Waals surface area (Å²) in [5, 5.41) is 4.05. The summed E-state index contributed by atoms with van der Waals surface area (Å²) in [6, 6.07) is 7.70. The molecule has 0 saturated heterocycles. The van der Waals surface area contributed by atoms with Gasteiger partial charge in [-0.3, -0.25) is 10.1 Å². The first kappa shape index (κ1) is 17.6. The molecule has 0 saturated carbocycles. The van der Waals surface area contributed by atoms with Crippen LogP contribution in [0.5, 0.6) is 5.75 Å². The van der Waals surface area contributed by atoms with Crippen molar-refractivity contribution >= 4 is 29.2 Å². The number of urea groups is 1. The largest absolute Gasteiger partial charge is 0.435 e. The van der Waals surface area contributed by atoms with E-state index >= 15 is 0 Å². The van der Waals surface area contributed by atoms with Crippen molar-refractivity contribution in [2.75, 3.05) is 5.32 Å². The molecular formula is C15H10ClF3N2O3. The van der Waals surface area contributed by atoms with E-state index in [1.165, 1.54) is 36.4 Å². The number of imide groups is 1. The number of halogens is 4. The molecular weight excluding hydrogens is 349 g/mol. The molecule has 2 rings (SSSR count). The molecule has 0 unspecified atom stereocenters. The fraction of sp³-hybridized carbons (Fsp3) is 0.0667. The van der Waals surface area contributed by atoms with Gasteiger partial charge in [-0.05, 0) is 36.4 Å². The summed E-state index contributed by atoms with van der Waals surface area (Å²) in [5.74, 6) is -1.99. The summed E-state index contributed by atoms with van der Waals surface area (Å²) in [6.07, 6.45) is 0. The molecule has 9 heteroatoms. The van der Waals surface area contributed by atoms with Gasteiger partial charge in [-0.15, -0.1) is 0 Å². The number of anilines is 1. The summed E-state index contributed by atoms with van der Waals surface area (Å²) in [4.78, 5) is 23.6. The molecule has 2 aromatic carbocycles. The molecule has 2 aromatic rings. The number of hydrogen-bond donors (Lipinski definition) is 2. The van der Waals surface area contributed by atoms with Gasteiger partial charge in [0.2, 0.25) is 0 Å². The molecule has 126 valence electrons. The van der Waals surface area contributed by atoms with Crippen molar-refractivity contribution in [3.8, 4) is 5.75 Å². The minimum atomic E-state index is -2.96. The Morgan fingerprint density at radius 3 is 2.33 bits per heavy atom. The van der Waals surface area contributed by atoms with E-state index in [0.29, 0.717) is 0 Å². The van der Waals surface area contributed by atoms with Gasteiger partial charge in [0.15, 0.2) is 0 Å². The minimum Gasteiger partial charge on any atom is -0.435 e. The number of hydrogen-bond acceptors (Lipinski definition) is 3. The second-order valence-corrected chi connectivity index (χ2v) is 4.81. The van der Waals surface area contributed by atoms with E-state index in [2.05, 4.69) is 10.1 Å². The van der Waals surface area contributed by atoms with E-state index in [9.17, 15) is 22.8 Å². The first-order valence-corrected chi connectivity index (χ1v) is 6.86. The molecule has 0 aliphatic heterocycles. The quantitative estimate of drug-likeness (QED) is 0.866. The zero-order valence-corrected chi connectivity index (χ0v) is 12.6. The first-order valence-electron chi connectivity index (χ1n) is 6.48. The second kappa shape index (κ2) is 7.69. The Balaban J connectivity index is 1.99. The summed E-state index contributed by atoms with van der Waals surface area (Å²) < 4.78 is 41.8. The second-order valence-electron chi connectivity index (χ2n) is 4.41. The van der Waals surface area contributed by atoms with Gasteiger partial charge in [0.05, 0.1) is 10.6 Å². The minimum absolute atomic E-state index is 0.0924. The SMILES string of the molecule is O=C(NC(=O)c1c(F)cccc1Cl)Nc1ccc(OC(F)F)cc1. The van der Waals surface area contributed by atoms with Crippen molar-refractivity contribution in [2.45, 2.75) is 6.61 Å². The van der Waals surface area contributed by atoms with Crippen LogP contribution in [0.4, 0.5) is 23.7 Å². The monoisotopic (exact) mass is 358 g/mol. The van der Waals surface area contributed by atoms with E-state index in [-0.39, 0.29) is 16.5 Å². The zero-order chi connectivity index (χ0) is 17.7. The molecule has 0 aromatic heterocycles. The van der Waals surface area contributed by atoms with Crippen LogP contribution in [0.2, 0.25) is 5.02 Å². The van der Waals surface area contributed by atoms with Crippen LogP contribution >= 0.6 is 11.6 Å². The molecule has 24 heavy (non-hydrogen) atoms. The third kappa shape index (κ3) is 4.63. The van der Waals surface area contributed by atoms with Crippen LogP contribution in [0.3, 0.4) is 0 Å². The average Bonchev–Trinajstić information content (AvgIpc) is 2.48. The normalized spacial score (nSPS) is 10.4. The topological polar surface area (TPSA) is 67.4 Å². The van der Waals surface area contributed by atoms with Crippen LogP contribution in [0.1, 0.15) is 10.4 Å². The van der Waals surface area contributed by atoms with Gasteiger partial charge in [-0.2, -0.15) is 8.78 Å². The van der Waals surface area contributed by atoms with Crippen LogP contribution in [0.15, 0.2) is 42.5 Å². The van der Waals surface area contributed by atoms with E-state index < -0.39 is 29.9 Å². The number of rotatable bonds is 4. The summed E-state index contributed by atoms with van der Waals surface area (Å²) in [5.41, 5.74) is -0.253. The molecule has 5 nitrogen and oxygen atoms in total. The number of amides is 3. The molecule has 0 spiro atoms. The van der Waals surface area contributed by atoms with Gasteiger partial charge in [-0.25, -0.2) is 9.18 Å². The maximum Gasteiger partial charge on any atom is 0.387 e. The number of ether oxygens (including phenoxy) is 1. The lowest BCUT2D eigenvalue weighted by Crippen LogP contribution is -2.35. The lowest BCUT2D eigenvalue weighted by Gasteiger charge is -2.09. The van der Waals surface area contributed by atoms with Crippen LogP contribution in [0, 0.1) is 5.82 Å². The Morgan fingerprint density at radius 1 is 1.08 bits per heavy atom. The van der Waals surface area contributed by atoms with Gasteiger partial charge in [0.1, 0.15) is 11.6 Å². The molecule has 0 aliphatic carbocycles. The molecule has 0 heterocycles. The van der Waals surface area contributed by atoms with Gasteiger partial charge in [0, 0.05) is 5.69 Å². The van der Waals surface area contributed by atoms with E-state index in [4.69, 9.17) is 11.6 Å². The fourth-order valence-electron chi connectivity index (χ4n) is 1.76. The zero-order valence-electron chi connectivity index (χ0n) is 11.9. The summed E-state index contributed by atoms with van der Waals surface area (Å²) >= 11 is 5.72. The highest BCUT2D eigenvalue weighted by atomic mass is 35.5. The number of benzene rings is 2. The summed E-state index contributed by atoms with van der Waals surface area (Å²) in [6.45, 7) is -2.96. The molecule has 2 N–H and O–H groups in total. The highest BCUT2D eigenvalue weighted by Gasteiger charge is 2.18. The third-order valence-corrected chi connectivity index (χ3v) is 3.07. The predicted octanol–water partition coefficient (Wildman–Crippen LogP) is 4.04. The van der Waals surface area contributed by atoms with Crippen molar-refractivity contribution in [2.24, 2.45) is 0 Å². The smallest absolute Gasteiger partial charge is 0.387 e. The average molecular weight is 359 g/mol. The van der Waals surface area contributed by atoms with Crippen molar-refractivity contribution in [1.29, 1.82) is 0 Å². The molecule has 3 amide bonds. The third-order valence-electron chi connectivity index (χ3n) is 2.75. The highest BCUT2D eigenvalue weighted by molar-refractivity contribution is 6.34. The van der Waals surface area contributed by atoms with Gasteiger partial charge < -0.3 is 10.1 Å². The van der Waals surface area contributed by atoms with Crippen molar-refractivity contribution in [3.05, 3.63) is 58.9 Å². The fourth-order valence-corrected chi connectivity index (χ4v) is 2.01. The van der Waals surface area contributed by atoms with Gasteiger partial charge in [0.25, 0.3) is 5.91 Å². The Labute approximate surface area is 139 Å². The number of carbonyl (C=O) groups excluding carboxylic acids is 2. The van der Waals surface area contributed by atoms with Crippen LogP contribution < -0.4 is 15.4 Å². The van der Waals surface area contributed by atoms with Gasteiger partial charge in [-0.1, -0.05) is 17.7 Å². The molecule has 0 aliphatic rings. The molecule has 0 radical (unpaired) electrons. The van der Waals surface area contributed by atoms with Crippen LogP contribution in [-0.4, -0.2) is 18.5 Å². The Bertz CT molecular complexity index is 734. The molecule has 0 bridgehead atoms. The van der Waals surface area contributed by atoms with Crippen molar-refractivity contribution < 1.29 is 27.5 Å². The maximum atomic E-state index is 13.6. The summed E-state index contributed by atoms with van der Waals surface area (Å²) in [7, 11) is 0. The standard InChI is InChI=1S/C15H10ClF3N2O3/c16-10-2-1-3-11(17)12(10)13(22)21-15(23)20-8-4-6-9(7-5-8)24-14(18)19/h1-7,14H,(H2,20,21,22,23). The number of alkyl halides is 2. The molecule has 0 fully saturated rings. The van der Waals surface area contributed by atoms with E-state index in [1.54, 1.807) is 0 Å². The number of nitrogens with one attached hydrogen (secondary N) is 2. The Kier molecular flexibility index (Phi) is 5.64. The highest BCUT2D eigenvalue weighted by Crippen LogP contribution is 2.19. The van der Waals surface area contributed by atoms with E-state index in [0.717, 1.165) is 6.07 Å². The maximum absolute atomic E-state index is 13.6. The lowest BCUT2D eigenvalue weighted by atomic mass is 10.2. The van der Waals surface area contributed by atoms with Crippen molar-refractivity contribution in [3.63, 3.8) is 0 Å². The van der Waals surface area contributed by atoms with Crippen molar-refractivity contribution in [1.82, 2.24) is 5.32 Å². The van der Waals surface area contributed by atoms with Gasteiger partial charge >= 0.3 is 12.6 Å².